The average molecular weight is 366 g/mol. The highest BCUT2D eigenvalue weighted by Gasteiger charge is 2.35. The van der Waals surface area contributed by atoms with E-state index < -0.39 is 12.1 Å². The Kier molecular flexibility index (Phi) is 6.12. The van der Waals surface area contributed by atoms with E-state index in [2.05, 4.69) is 19.2 Å². The summed E-state index contributed by atoms with van der Waals surface area (Å²) in [6.07, 6.45) is 1.01. The summed E-state index contributed by atoms with van der Waals surface area (Å²) < 4.78 is 5.41. The number of likely N-dealkylation sites (tertiary alicyclic amines) is 1. The molecule has 1 unspecified atom stereocenters. The molecule has 0 radical (unpaired) electrons. The lowest BCUT2D eigenvalue weighted by atomic mass is 10.0. The van der Waals surface area contributed by atoms with Crippen LogP contribution < -0.4 is 5.32 Å². The van der Waals surface area contributed by atoms with Crippen LogP contribution in [0, 0.1) is 0 Å². The molecule has 2 amide bonds. The summed E-state index contributed by atoms with van der Waals surface area (Å²) >= 11 is 0. The van der Waals surface area contributed by atoms with Gasteiger partial charge in [-0.25, -0.2) is 4.79 Å². The minimum Gasteiger partial charge on any atom is -0.445 e. The Hall–Kier alpha value is -2.82. The molecule has 1 saturated heterocycles. The largest absolute Gasteiger partial charge is 0.445 e. The van der Waals surface area contributed by atoms with Gasteiger partial charge in [0.1, 0.15) is 12.6 Å². The SMILES string of the molecule is CC(C)c1ccccc1NC(=O)C1CCCN1C(=O)OCc1ccccc1. The number of anilines is 1. The van der Waals surface area contributed by atoms with Crippen LogP contribution in [0.2, 0.25) is 0 Å². The highest BCUT2D eigenvalue weighted by atomic mass is 16.6. The lowest BCUT2D eigenvalue weighted by molar-refractivity contribution is -0.120. The van der Waals surface area contributed by atoms with Gasteiger partial charge in [0, 0.05) is 12.2 Å². The molecule has 1 aliphatic rings. The van der Waals surface area contributed by atoms with Gasteiger partial charge in [-0.1, -0.05) is 62.4 Å². The maximum absolute atomic E-state index is 12.8. The summed E-state index contributed by atoms with van der Waals surface area (Å²) in [5.41, 5.74) is 2.82. The zero-order valence-corrected chi connectivity index (χ0v) is 15.9. The molecule has 1 fully saturated rings. The minimum absolute atomic E-state index is 0.155. The van der Waals surface area contributed by atoms with Crippen molar-refractivity contribution in [3.8, 4) is 0 Å². The van der Waals surface area contributed by atoms with Gasteiger partial charge in [-0.05, 0) is 36.0 Å². The maximum Gasteiger partial charge on any atom is 0.410 e. The van der Waals surface area contributed by atoms with Crippen LogP contribution in [0.15, 0.2) is 54.6 Å². The van der Waals surface area contributed by atoms with Gasteiger partial charge in [-0.15, -0.1) is 0 Å². The second kappa shape index (κ2) is 8.71. The molecule has 27 heavy (non-hydrogen) atoms. The fourth-order valence-corrected chi connectivity index (χ4v) is 3.39. The fraction of sp³-hybridized carbons (Fsp3) is 0.364. The highest BCUT2D eigenvalue weighted by Crippen LogP contribution is 2.26. The van der Waals surface area contributed by atoms with Crippen molar-refractivity contribution in [2.24, 2.45) is 0 Å². The Morgan fingerprint density at radius 3 is 2.56 bits per heavy atom. The van der Waals surface area contributed by atoms with Gasteiger partial charge in [0.15, 0.2) is 0 Å². The maximum atomic E-state index is 12.8. The van der Waals surface area contributed by atoms with E-state index in [0.29, 0.717) is 18.9 Å². The van der Waals surface area contributed by atoms with E-state index in [1.807, 2.05) is 54.6 Å². The molecule has 2 aromatic rings. The Bertz CT molecular complexity index is 789. The van der Waals surface area contributed by atoms with E-state index in [0.717, 1.165) is 23.2 Å². The van der Waals surface area contributed by atoms with Gasteiger partial charge in [-0.3, -0.25) is 9.69 Å². The van der Waals surface area contributed by atoms with Gasteiger partial charge >= 0.3 is 6.09 Å². The third kappa shape index (κ3) is 4.67. The summed E-state index contributed by atoms with van der Waals surface area (Å²) in [5, 5.41) is 3.00. The highest BCUT2D eigenvalue weighted by molar-refractivity contribution is 5.97. The van der Waals surface area contributed by atoms with Gasteiger partial charge in [0.05, 0.1) is 0 Å². The second-order valence-corrected chi connectivity index (χ2v) is 7.12. The average Bonchev–Trinajstić information content (AvgIpc) is 3.17. The number of carbonyl (C=O) groups is 2. The first-order valence-corrected chi connectivity index (χ1v) is 9.43. The molecule has 1 heterocycles. The van der Waals surface area contributed by atoms with E-state index in [4.69, 9.17) is 4.74 Å². The molecule has 1 N–H and O–H groups in total. The normalized spacial score (nSPS) is 16.4. The number of para-hydroxylation sites is 1. The van der Waals surface area contributed by atoms with Crippen LogP contribution in [0.3, 0.4) is 0 Å². The number of carbonyl (C=O) groups excluding carboxylic acids is 2. The topological polar surface area (TPSA) is 58.6 Å². The van der Waals surface area contributed by atoms with Gasteiger partial charge in [-0.2, -0.15) is 0 Å². The molecule has 5 heteroatoms. The molecule has 1 atom stereocenters. The molecule has 142 valence electrons. The molecule has 0 bridgehead atoms. The number of ether oxygens (including phenoxy) is 1. The first-order valence-electron chi connectivity index (χ1n) is 9.43. The first kappa shape index (κ1) is 19.0. The Labute approximate surface area is 160 Å². The van der Waals surface area contributed by atoms with Crippen molar-refractivity contribution in [2.75, 3.05) is 11.9 Å². The molecule has 2 aromatic carbocycles. The Balaban J connectivity index is 1.63. The summed E-state index contributed by atoms with van der Waals surface area (Å²) in [7, 11) is 0. The van der Waals surface area contributed by atoms with Gasteiger partial charge in [0.25, 0.3) is 0 Å². The number of rotatable bonds is 5. The second-order valence-electron chi connectivity index (χ2n) is 7.12. The number of hydrogen-bond donors (Lipinski definition) is 1. The third-order valence-corrected chi connectivity index (χ3v) is 4.84. The predicted octanol–water partition coefficient (Wildman–Crippen LogP) is 4.55. The van der Waals surface area contributed by atoms with Crippen LogP contribution >= 0.6 is 0 Å². The lowest BCUT2D eigenvalue weighted by Crippen LogP contribution is -2.43. The van der Waals surface area contributed by atoms with Crippen LogP contribution in [0.5, 0.6) is 0 Å². The van der Waals surface area contributed by atoms with Crippen molar-refractivity contribution in [3.05, 3.63) is 65.7 Å². The molecule has 5 nitrogen and oxygen atoms in total. The fourth-order valence-electron chi connectivity index (χ4n) is 3.39. The quantitative estimate of drug-likeness (QED) is 0.844. The van der Waals surface area contributed by atoms with E-state index in [-0.39, 0.29) is 12.5 Å². The van der Waals surface area contributed by atoms with Crippen LogP contribution in [0.1, 0.15) is 43.7 Å². The molecular formula is C22H26N2O3. The zero-order chi connectivity index (χ0) is 19.2. The van der Waals surface area contributed by atoms with Crippen LogP contribution in [0.25, 0.3) is 0 Å². The van der Waals surface area contributed by atoms with E-state index >= 15 is 0 Å². The van der Waals surface area contributed by atoms with Gasteiger partial charge < -0.3 is 10.1 Å². The standard InChI is InChI=1S/C22H26N2O3/c1-16(2)18-11-6-7-12-19(18)23-21(25)20-13-8-14-24(20)22(26)27-15-17-9-4-3-5-10-17/h3-7,9-12,16,20H,8,13-15H2,1-2H3,(H,23,25). The Morgan fingerprint density at radius 2 is 1.81 bits per heavy atom. The van der Waals surface area contributed by atoms with Crippen molar-refractivity contribution in [3.63, 3.8) is 0 Å². The number of amides is 2. The summed E-state index contributed by atoms with van der Waals surface area (Å²) in [5.74, 6) is 0.147. The zero-order valence-electron chi connectivity index (χ0n) is 15.9. The van der Waals surface area contributed by atoms with Crippen molar-refractivity contribution < 1.29 is 14.3 Å². The number of nitrogens with zero attached hydrogens (tertiary/aromatic N) is 1. The first-order chi connectivity index (χ1) is 13.1. The van der Waals surface area contributed by atoms with Gasteiger partial charge in [0.2, 0.25) is 5.91 Å². The monoisotopic (exact) mass is 366 g/mol. The third-order valence-electron chi connectivity index (χ3n) is 4.84. The summed E-state index contributed by atoms with van der Waals surface area (Å²) in [6, 6.07) is 16.8. The van der Waals surface area contributed by atoms with Crippen molar-refractivity contribution in [1.29, 1.82) is 0 Å². The van der Waals surface area contributed by atoms with Crippen molar-refractivity contribution in [1.82, 2.24) is 4.90 Å². The van der Waals surface area contributed by atoms with E-state index in [9.17, 15) is 9.59 Å². The smallest absolute Gasteiger partial charge is 0.410 e. The van der Waals surface area contributed by atoms with Crippen LogP contribution in [0.4, 0.5) is 10.5 Å². The van der Waals surface area contributed by atoms with Crippen molar-refractivity contribution in [2.45, 2.75) is 45.3 Å². The van der Waals surface area contributed by atoms with Crippen LogP contribution in [-0.4, -0.2) is 29.5 Å². The van der Waals surface area contributed by atoms with Crippen molar-refractivity contribution >= 4 is 17.7 Å². The molecule has 0 aliphatic carbocycles. The molecule has 0 saturated carbocycles. The number of nitrogens with one attached hydrogen (secondary N) is 1. The number of hydrogen-bond acceptors (Lipinski definition) is 3. The summed E-state index contributed by atoms with van der Waals surface area (Å²) in [6.45, 7) is 4.93. The molecule has 1 aliphatic heterocycles. The van der Waals surface area contributed by atoms with Crippen LogP contribution in [-0.2, 0) is 16.1 Å². The summed E-state index contributed by atoms with van der Waals surface area (Å²) in [4.78, 5) is 26.8. The molecule has 0 spiro atoms. The molecule has 0 aromatic heterocycles. The van der Waals surface area contributed by atoms with E-state index in [1.54, 1.807) is 0 Å². The predicted molar refractivity (Wildman–Crippen MR) is 106 cm³/mol. The molecule has 3 rings (SSSR count). The molecular weight excluding hydrogens is 340 g/mol. The van der Waals surface area contributed by atoms with E-state index in [1.165, 1.54) is 4.90 Å². The minimum atomic E-state index is -0.492. The number of benzene rings is 2. The lowest BCUT2D eigenvalue weighted by Gasteiger charge is -2.24. The Morgan fingerprint density at radius 1 is 1.11 bits per heavy atom.